The van der Waals surface area contributed by atoms with Crippen LogP contribution in [0.25, 0.3) is 0 Å². The number of hydrogen-bond acceptors (Lipinski definition) is 4. The first kappa shape index (κ1) is 19.9. The molecule has 5 rings (SSSR count). The second-order valence-electron chi connectivity index (χ2n) is 9.70. The molecule has 1 heterocycles. The number of esters is 1. The number of aryl methyl sites for hydroxylation is 1. The van der Waals surface area contributed by atoms with Crippen LogP contribution in [-0.4, -0.2) is 34.8 Å². The van der Waals surface area contributed by atoms with Gasteiger partial charge in [0, 0.05) is 6.04 Å². The van der Waals surface area contributed by atoms with Gasteiger partial charge in [-0.2, -0.15) is 5.10 Å². The minimum Gasteiger partial charge on any atom is -0.469 e. The number of carbonyl (C=O) groups excluding carboxylic acids is 2. The molecule has 154 valence electrons. The summed E-state index contributed by atoms with van der Waals surface area (Å²) in [6.07, 6.45) is 4.84. The highest BCUT2D eigenvalue weighted by Crippen LogP contribution is 2.60. The third-order valence-electron chi connectivity index (χ3n) is 7.48. The highest BCUT2D eigenvalue weighted by atomic mass is 79.9. The molecule has 7 heteroatoms. The predicted octanol–water partition coefficient (Wildman–Crippen LogP) is 3.48. The van der Waals surface area contributed by atoms with Crippen LogP contribution in [0.4, 0.5) is 0 Å². The van der Waals surface area contributed by atoms with E-state index in [1.54, 1.807) is 0 Å². The third kappa shape index (κ3) is 2.84. The van der Waals surface area contributed by atoms with Gasteiger partial charge in [-0.05, 0) is 93.5 Å². The summed E-state index contributed by atoms with van der Waals surface area (Å²) in [7, 11) is 1.50. The van der Waals surface area contributed by atoms with E-state index in [0.29, 0.717) is 17.8 Å². The lowest BCUT2D eigenvalue weighted by Crippen LogP contribution is -2.63. The molecule has 0 saturated heterocycles. The van der Waals surface area contributed by atoms with Gasteiger partial charge in [0.15, 0.2) is 0 Å². The van der Waals surface area contributed by atoms with E-state index in [4.69, 9.17) is 4.74 Å². The van der Waals surface area contributed by atoms with Crippen LogP contribution in [0.3, 0.4) is 0 Å². The van der Waals surface area contributed by atoms with Gasteiger partial charge in [-0.3, -0.25) is 14.3 Å². The zero-order valence-corrected chi connectivity index (χ0v) is 18.9. The Kier molecular flexibility index (Phi) is 4.68. The van der Waals surface area contributed by atoms with Gasteiger partial charge in [0.25, 0.3) is 0 Å². The van der Waals surface area contributed by atoms with Crippen molar-refractivity contribution in [3.63, 3.8) is 0 Å². The van der Waals surface area contributed by atoms with Crippen molar-refractivity contribution in [3.8, 4) is 0 Å². The maximum atomic E-state index is 13.3. The van der Waals surface area contributed by atoms with Crippen molar-refractivity contribution in [2.24, 2.45) is 23.2 Å². The molecular weight excluding hydrogens is 422 g/mol. The molecule has 4 fully saturated rings. The van der Waals surface area contributed by atoms with Gasteiger partial charge in [0.05, 0.1) is 28.4 Å². The van der Waals surface area contributed by atoms with E-state index >= 15 is 0 Å². The maximum absolute atomic E-state index is 13.3. The first-order chi connectivity index (χ1) is 13.1. The molecule has 6 nitrogen and oxygen atoms in total. The first-order valence-corrected chi connectivity index (χ1v) is 11.0. The Morgan fingerprint density at radius 3 is 2.32 bits per heavy atom. The van der Waals surface area contributed by atoms with Crippen LogP contribution < -0.4 is 5.32 Å². The number of amides is 1. The molecule has 4 saturated carbocycles. The Morgan fingerprint density at radius 2 is 1.82 bits per heavy atom. The van der Waals surface area contributed by atoms with Crippen molar-refractivity contribution >= 4 is 27.8 Å². The summed E-state index contributed by atoms with van der Waals surface area (Å²) in [5, 5.41) is 7.94. The Balaban J connectivity index is 1.54. The summed E-state index contributed by atoms with van der Waals surface area (Å²) in [6, 6.07) is 0.140. The van der Waals surface area contributed by atoms with Crippen molar-refractivity contribution in [2.75, 3.05) is 7.11 Å². The molecule has 2 atom stereocenters. The highest BCUT2D eigenvalue weighted by Gasteiger charge is 2.59. The fourth-order valence-electron chi connectivity index (χ4n) is 6.32. The van der Waals surface area contributed by atoms with Crippen molar-refractivity contribution in [2.45, 2.75) is 71.4 Å². The number of ether oxygens (including phenoxy) is 1. The number of methoxy groups -OCH3 is 1. The lowest BCUT2D eigenvalue weighted by atomic mass is 9.48. The van der Waals surface area contributed by atoms with Gasteiger partial charge in [0.1, 0.15) is 5.54 Å². The van der Waals surface area contributed by atoms with Crippen LogP contribution in [0.5, 0.6) is 0 Å². The van der Waals surface area contributed by atoms with Gasteiger partial charge in [0.2, 0.25) is 5.91 Å². The Morgan fingerprint density at radius 1 is 1.21 bits per heavy atom. The molecule has 4 bridgehead atoms. The minimum absolute atomic E-state index is 0.00445. The standard InChI is InChI=1S/C21H30BrN3O3/c1-11-16(22)12(2)25(24-11)20(3,4)18(26)23-17-14-6-13-7-15(17)10-21(8-13,9-14)19(27)28-5/h13-15,17H,6-10H2,1-5H3,(H,23,26). The molecule has 1 amide bonds. The van der Waals surface area contributed by atoms with Gasteiger partial charge in [-0.25, -0.2) is 0 Å². The molecule has 1 N–H and O–H groups in total. The van der Waals surface area contributed by atoms with Gasteiger partial charge in [-0.15, -0.1) is 0 Å². The fourth-order valence-corrected chi connectivity index (χ4v) is 6.57. The van der Waals surface area contributed by atoms with E-state index in [9.17, 15) is 9.59 Å². The van der Waals surface area contributed by atoms with E-state index in [-0.39, 0.29) is 23.3 Å². The van der Waals surface area contributed by atoms with Gasteiger partial charge >= 0.3 is 5.97 Å². The molecule has 0 aliphatic heterocycles. The van der Waals surface area contributed by atoms with Crippen LogP contribution >= 0.6 is 15.9 Å². The number of rotatable bonds is 4. The lowest BCUT2D eigenvalue weighted by molar-refractivity contribution is -0.171. The van der Waals surface area contributed by atoms with Crippen molar-refractivity contribution < 1.29 is 14.3 Å². The second kappa shape index (κ2) is 6.57. The SMILES string of the molecule is COC(=O)C12CC3CC(C1)C(NC(=O)C(C)(C)n1nc(C)c(Br)c1C)C(C3)C2. The van der Waals surface area contributed by atoms with Crippen LogP contribution in [0.2, 0.25) is 0 Å². The molecule has 1 aromatic heterocycles. The Hall–Kier alpha value is -1.37. The van der Waals surface area contributed by atoms with Crippen LogP contribution in [-0.2, 0) is 19.9 Å². The molecule has 1 aromatic rings. The molecule has 4 aliphatic rings. The third-order valence-corrected chi connectivity index (χ3v) is 8.63. The summed E-state index contributed by atoms with van der Waals surface area (Å²) in [6.45, 7) is 7.74. The van der Waals surface area contributed by atoms with E-state index in [0.717, 1.165) is 48.0 Å². The number of nitrogens with one attached hydrogen (secondary N) is 1. The Labute approximate surface area is 174 Å². The number of halogens is 1. The fraction of sp³-hybridized carbons (Fsp3) is 0.762. The van der Waals surface area contributed by atoms with Crippen LogP contribution in [0.1, 0.15) is 57.3 Å². The quantitative estimate of drug-likeness (QED) is 0.710. The molecular formula is C21H30BrN3O3. The topological polar surface area (TPSA) is 73.2 Å². The smallest absolute Gasteiger partial charge is 0.311 e. The second-order valence-corrected chi connectivity index (χ2v) is 10.5. The molecule has 4 aliphatic carbocycles. The van der Waals surface area contributed by atoms with Crippen molar-refractivity contribution in [3.05, 3.63) is 15.9 Å². The summed E-state index contributed by atoms with van der Waals surface area (Å²) in [4.78, 5) is 25.8. The van der Waals surface area contributed by atoms with E-state index in [2.05, 4.69) is 26.3 Å². The van der Waals surface area contributed by atoms with Crippen LogP contribution in [0.15, 0.2) is 4.47 Å². The van der Waals surface area contributed by atoms with Gasteiger partial charge < -0.3 is 10.1 Å². The first-order valence-electron chi connectivity index (χ1n) is 10.2. The van der Waals surface area contributed by atoms with Crippen LogP contribution in [0, 0.1) is 37.0 Å². The largest absolute Gasteiger partial charge is 0.469 e. The number of hydrogen-bond donors (Lipinski definition) is 1. The Bertz CT molecular complexity index is 815. The summed E-state index contributed by atoms with van der Waals surface area (Å²) in [5.74, 6) is 1.25. The molecule has 0 aromatic carbocycles. The molecule has 0 spiro atoms. The maximum Gasteiger partial charge on any atom is 0.311 e. The molecule has 28 heavy (non-hydrogen) atoms. The average Bonchev–Trinajstić information content (AvgIpc) is 2.91. The van der Waals surface area contributed by atoms with E-state index < -0.39 is 5.54 Å². The van der Waals surface area contributed by atoms with E-state index in [1.165, 1.54) is 7.11 Å². The number of carbonyl (C=O) groups is 2. The van der Waals surface area contributed by atoms with Gasteiger partial charge in [-0.1, -0.05) is 0 Å². The highest BCUT2D eigenvalue weighted by molar-refractivity contribution is 9.10. The zero-order chi connectivity index (χ0) is 20.4. The normalized spacial score (nSPS) is 33.8. The monoisotopic (exact) mass is 451 g/mol. The summed E-state index contributed by atoms with van der Waals surface area (Å²) < 4.78 is 7.91. The summed E-state index contributed by atoms with van der Waals surface area (Å²) in [5.41, 5.74) is 0.735. The predicted molar refractivity (Wildman–Crippen MR) is 109 cm³/mol. The zero-order valence-electron chi connectivity index (χ0n) is 17.3. The molecule has 2 unspecified atom stereocenters. The van der Waals surface area contributed by atoms with Crippen molar-refractivity contribution in [1.29, 1.82) is 0 Å². The van der Waals surface area contributed by atoms with Crippen molar-refractivity contribution in [1.82, 2.24) is 15.1 Å². The minimum atomic E-state index is -0.782. The average molecular weight is 452 g/mol. The summed E-state index contributed by atoms with van der Waals surface area (Å²) >= 11 is 3.56. The lowest BCUT2D eigenvalue weighted by Gasteiger charge is -2.58. The molecule has 0 radical (unpaired) electrons. The van der Waals surface area contributed by atoms with E-state index in [1.807, 2.05) is 32.4 Å². The number of nitrogens with zero attached hydrogens (tertiary/aromatic N) is 2. The number of aromatic nitrogens is 2.